The molecule has 3 rings (SSSR count). The van der Waals surface area contributed by atoms with Crippen LogP contribution < -0.4 is 5.32 Å². The monoisotopic (exact) mass is 417 g/mol. The first kappa shape index (κ1) is 22.1. The maximum absolute atomic E-state index is 12.8. The van der Waals surface area contributed by atoms with E-state index in [-0.39, 0.29) is 18.3 Å². The number of rotatable bonds is 5. The third-order valence-corrected chi connectivity index (χ3v) is 6.77. The normalized spacial score (nSPS) is 21.5. The lowest BCUT2D eigenvalue weighted by Gasteiger charge is -2.36. The Balaban J connectivity index is 0.00000261. The fraction of sp³-hybridized carbons (Fsp3) is 0.611. The number of halogens is 1. The van der Waals surface area contributed by atoms with Crippen molar-refractivity contribution in [2.75, 3.05) is 45.9 Å². The second-order valence-corrected chi connectivity index (χ2v) is 8.62. The number of morpholine rings is 1. The highest BCUT2D eigenvalue weighted by molar-refractivity contribution is 7.89. The fourth-order valence-corrected chi connectivity index (χ4v) is 4.76. The second kappa shape index (κ2) is 9.84. The minimum atomic E-state index is -3.52. The maximum atomic E-state index is 12.8. The number of benzene rings is 1. The van der Waals surface area contributed by atoms with Crippen LogP contribution in [0.3, 0.4) is 0 Å². The van der Waals surface area contributed by atoms with Gasteiger partial charge in [0.2, 0.25) is 10.0 Å². The van der Waals surface area contributed by atoms with Crippen molar-refractivity contribution in [3.63, 3.8) is 0 Å². The predicted octanol–water partition coefficient (Wildman–Crippen LogP) is 0.882. The van der Waals surface area contributed by atoms with Crippen molar-refractivity contribution < 1.29 is 17.9 Å². The average Bonchev–Trinajstić information content (AvgIpc) is 2.69. The Bertz CT molecular complexity index is 713. The minimum Gasteiger partial charge on any atom is -0.366 e. The van der Waals surface area contributed by atoms with Gasteiger partial charge in [-0.05, 0) is 24.1 Å². The van der Waals surface area contributed by atoms with Crippen LogP contribution in [-0.2, 0) is 26.0 Å². The van der Waals surface area contributed by atoms with Gasteiger partial charge in [0.15, 0.2) is 0 Å². The topological polar surface area (TPSA) is 79.0 Å². The first-order valence-electron chi connectivity index (χ1n) is 9.22. The Kier molecular flexibility index (Phi) is 8.05. The van der Waals surface area contributed by atoms with Crippen molar-refractivity contribution in [2.45, 2.75) is 30.8 Å². The van der Waals surface area contributed by atoms with Crippen LogP contribution in [0.5, 0.6) is 0 Å². The molecule has 0 aliphatic carbocycles. The summed E-state index contributed by atoms with van der Waals surface area (Å²) < 4.78 is 32.6. The molecule has 27 heavy (non-hydrogen) atoms. The summed E-state index contributed by atoms with van der Waals surface area (Å²) in [6.45, 7) is 5.31. The van der Waals surface area contributed by atoms with Crippen LogP contribution in [0.15, 0.2) is 29.2 Å². The number of hydrogen-bond donors (Lipinski definition) is 1. The molecule has 2 aliphatic heterocycles. The molecule has 1 unspecified atom stereocenters. The number of nitrogens with zero attached hydrogens (tertiary/aromatic N) is 2. The van der Waals surface area contributed by atoms with E-state index in [1.54, 1.807) is 17.0 Å². The van der Waals surface area contributed by atoms with Gasteiger partial charge in [0.05, 0.1) is 11.5 Å². The van der Waals surface area contributed by atoms with Gasteiger partial charge >= 0.3 is 0 Å². The van der Waals surface area contributed by atoms with E-state index in [2.05, 4.69) is 12.2 Å². The van der Waals surface area contributed by atoms with Crippen molar-refractivity contribution in [2.24, 2.45) is 0 Å². The van der Waals surface area contributed by atoms with Gasteiger partial charge in [0, 0.05) is 39.3 Å². The van der Waals surface area contributed by atoms with Crippen LogP contribution in [-0.4, -0.2) is 75.5 Å². The van der Waals surface area contributed by atoms with Gasteiger partial charge in [-0.2, -0.15) is 4.31 Å². The van der Waals surface area contributed by atoms with E-state index in [9.17, 15) is 13.2 Å². The van der Waals surface area contributed by atoms with E-state index >= 15 is 0 Å². The standard InChI is InChI=1S/C18H27N3O4S.ClH/c1-2-3-15-4-6-16(7-5-15)26(23,24)21-11-9-20(10-12-21)18(22)17-14-19-8-13-25-17;/h4-7,17,19H,2-3,8-14H2,1H3;1H. The van der Waals surface area contributed by atoms with E-state index in [4.69, 9.17) is 4.74 Å². The zero-order valence-electron chi connectivity index (χ0n) is 15.6. The molecular formula is C18H28ClN3O4S. The summed E-state index contributed by atoms with van der Waals surface area (Å²) in [6.07, 6.45) is 1.51. The Labute approximate surface area is 167 Å². The third-order valence-electron chi connectivity index (χ3n) is 4.85. The van der Waals surface area contributed by atoms with E-state index < -0.39 is 16.1 Å². The molecule has 0 spiro atoms. The first-order valence-corrected chi connectivity index (χ1v) is 10.7. The van der Waals surface area contributed by atoms with E-state index in [1.807, 2.05) is 12.1 Å². The molecule has 0 saturated carbocycles. The Morgan fingerprint density at radius 1 is 1.19 bits per heavy atom. The number of carbonyl (C=O) groups is 1. The molecule has 2 heterocycles. The highest BCUT2D eigenvalue weighted by atomic mass is 35.5. The Hall–Kier alpha value is -1.19. The molecule has 0 aromatic heterocycles. The molecule has 7 nitrogen and oxygen atoms in total. The lowest BCUT2D eigenvalue weighted by atomic mass is 10.1. The summed E-state index contributed by atoms with van der Waals surface area (Å²) in [5.74, 6) is -0.0573. The molecule has 1 amide bonds. The molecule has 9 heteroatoms. The molecule has 2 saturated heterocycles. The van der Waals surface area contributed by atoms with Crippen molar-refractivity contribution in [1.29, 1.82) is 0 Å². The molecular weight excluding hydrogens is 390 g/mol. The van der Waals surface area contributed by atoms with Gasteiger partial charge in [-0.15, -0.1) is 12.4 Å². The first-order chi connectivity index (χ1) is 12.5. The SMILES string of the molecule is CCCc1ccc(S(=O)(=O)N2CCN(C(=O)C3CNCCO3)CC2)cc1.Cl. The zero-order valence-corrected chi connectivity index (χ0v) is 17.2. The summed E-state index contributed by atoms with van der Waals surface area (Å²) in [6, 6.07) is 7.12. The zero-order chi connectivity index (χ0) is 18.6. The number of sulfonamides is 1. The van der Waals surface area contributed by atoms with E-state index in [0.717, 1.165) is 24.9 Å². The van der Waals surface area contributed by atoms with Gasteiger partial charge in [-0.25, -0.2) is 8.42 Å². The van der Waals surface area contributed by atoms with Gasteiger partial charge in [-0.3, -0.25) is 4.79 Å². The lowest BCUT2D eigenvalue weighted by molar-refractivity contribution is -0.146. The number of amides is 1. The predicted molar refractivity (Wildman–Crippen MR) is 106 cm³/mol. The summed E-state index contributed by atoms with van der Waals surface area (Å²) in [7, 11) is -3.52. The van der Waals surface area contributed by atoms with Gasteiger partial charge in [-0.1, -0.05) is 25.5 Å². The minimum absolute atomic E-state index is 0. The fourth-order valence-electron chi connectivity index (χ4n) is 3.34. The lowest BCUT2D eigenvalue weighted by Crippen LogP contribution is -2.55. The summed E-state index contributed by atoms with van der Waals surface area (Å²) in [5, 5.41) is 3.14. The number of piperazine rings is 1. The summed E-state index contributed by atoms with van der Waals surface area (Å²) >= 11 is 0. The maximum Gasteiger partial charge on any atom is 0.253 e. The summed E-state index contributed by atoms with van der Waals surface area (Å²) in [4.78, 5) is 14.5. The van der Waals surface area contributed by atoms with Crippen molar-refractivity contribution in [3.8, 4) is 0 Å². The van der Waals surface area contributed by atoms with E-state index in [0.29, 0.717) is 44.2 Å². The van der Waals surface area contributed by atoms with Gasteiger partial charge in [0.1, 0.15) is 6.10 Å². The van der Waals surface area contributed by atoms with Crippen molar-refractivity contribution in [3.05, 3.63) is 29.8 Å². The molecule has 2 fully saturated rings. The van der Waals surface area contributed by atoms with Crippen LogP contribution in [0.25, 0.3) is 0 Å². The molecule has 0 radical (unpaired) electrons. The van der Waals surface area contributed by atoms with Gasteiger partial charge in [0.25, 0.3) is 5.91 Å². The Morgan fingerprint density at radius 3 is 2.41 bits per heavy atom. The third kappa shape index (κ3) is 5.20. The summed E-state index contributed by atoms with van der Waals surface area (Å²) in [5.41, 5.74) is 1.14. The molecule has 152 valence electrons. The van der Waals surface area contributed by atoms with Crippen LogP contribution in [0.4, 0.5) is 0 Å². The molecule has 0 bridgehead atoms. The highest BCUT2D eigenvalue weighted by Gasteiger charge is 2.33. The van der Waals surface area contributed by atoms with E-state index in [1.165, 1.54) is 4.31 Å². The molecule has 2 aliphatic rings. The quantitative estimate of drug-likeness (QED) is 0.769. The van der Waals surface area contributed by atoms with Crippen molar-refractivity contribution in [1.82, 2.24) is 14.5 Å². The van der Waals surface area contributed by atoms with Crippen LogP contribution in [0.1, 0.15) is 18.9 Å². The van der Waals surface area contributed by atoms with Gasteiger partial charge < -0.3 is 15.0 Å². The number of aryl methyl sites for hydroxylation is 1. The number of nitrogens with one attached hydrogen (secondary N) is 1. The molecule has 1 atom stereocenters. The second-order valence-electron chi connectivity index (χ2n) is 6.69. The molecule has 1 aromatic carbocycles. The Morgan fingerprint density at radius 2 is 1.85 bits per heavy atom. The largest absolute Gasteiger partial charge is 0.366 e. The average molecular weight is 418 g/mol. The van der Waals surface area contributed by atoms with Crippen LogP contribution in [0.2, 0.25) is 0 Å². The molecule has 1 aromatic rings. The number of carbonyl (C=O) groups excluding carboxylic acids is 1. The van der Waals surface area contributed by atoms with Crippen molar-refractivity contribution >= 4 is 28.3 Å². The highest BCUT2D eigenvalue weighted by Crippen LogP contribution is 2.19. The number of ether oxygens (including phenoxy) is 1. The molecule has 1 N–H and O–H groups in total. The van der Waals surface area contributed by atoms with Crippen LogP contribution in [0, 0.1) is 0 Å². The smallest absolute Gasteiger partial charge is 0.253 e. The van der Waals surface area contributed by atoms with Crippen LogP contribution >= 0.6 is 12.4 Å². The number of hydrogen-bond acceptors (Lipinski definition) is 5.